The molecule has 4 heteroatoms. The van der Waals surface area contributed by atoms with Gasteiger partial charge in [0, 0.05) is 13.6 Å². The van der Waals surface area contributed by atoms with Crippen molar-refractivity contribution in [3.8, 4) is 0 Å². The number of hydrogen-bond donors (Lipinski definition) is 0. The van der Waals surface area contributed by atoms with Gasteiger partial charge >= 0.3 is 0 Å². The maximum Gasteiger partial charge on any atom is 0.106 e. The Morgan fingerprint density at radius 2 is 2.10 bits per heavy atom. The first-order chi connectivity index (χ1) is 10.1. The summed E-state index contributed by atoms with van der Waals surface area (Å²) in [7, 11) is 2.05. The number of aryl methyl sites for hydroxylation is 2. The number of rotatable bonds is 7. The molecule has 21 heavy (non-hydrogen) atoms. The molecule has 0 saturated heterocycles. The van der Waals surface area contributed by atoms with E-state index >= 15 is 0 Å². The molecule has 0 spiro atoms. The second-order valence-corrected chi connectivity index (χ2v) is 6.21. The fourth-order valence-corrected chi connectivity index (χ4v) is 2.96. The number of alkyl halides is 1. The predicted octanol–water partition coefficient (Wildman–Crippen LogP) is 4.28. The summed E-state index contributed by atoms with van der Waals surface area (Å²) in [5.74, 6) is 1.03. The first-order valence-electron chi connectivity index (χ1n) is 7.86. The minimum absolute atomic E-state index is 0.0218. The lowest BCUT2D eigenvalue weighted by atomic mass is 10.1. The van der Waals surface area contributed by atoms with Gasteiger partial charge in [-0.25, -0.2) is 4.98 Å². The Hall–Kier alpha value is -1.06. The monoisotopic (exact) mass is 307 g/mol. The quantitative estimate of drug-likeness (QED) is 0.712. The van der Waals surface area contributed by atoms with Crippen LogP contribution in [0.25, 0.3) is 11.0 Å². The zero-order valence-electron chi connectivity index (χ0n) is 13.6. The molecule has 0 aliphatic rings. The molecule has 0 saturated carbocycles. The van der Waals surface area contributed by atoms with Gasteiger partial charge in [0.15, 0.2) is 0 Å². The molecule has 0 radical (unpaired) electrons. The summed E-state index contributed by atoms with van der Waals surface area (Å²) in [5.41, 5.74) is 3.37. The van der Waals surface area contributed by atoms with Gasteiger partial charge in [-0.3, -0.25) is 0 Å². The van der Waals surface area contributed by atoms with Crippen LogP contribution in [0, 0.1) is 6.92 Å². The Balaban J connectivity index is 2.13. The minimum atomic E-state index is 0.0218. The molecule has 0 N–H and O–H groups in total. The van der Waals surface area contributed by atoms with Crippen LogP contribution in [0.3, 0.4) is 0 Å². The van der Waals surface area contributed by atoms with E-state index in [9.17, 15) is 0 Å². The van der Waals surface area contributed by atoms with Gasteiger partial charge in [0.05, 0.1) is 16.4 Å². The molecular formula is C17H26ClN3. The summed E-state index contributed by atoms with van der Waals surface area (Å²) in [6.45, 7) is 9.53. The van der Waals surface area contributed by atoms with E-state index in [1.165, 1.54) is 18.4 Å². The van der Waals surface area contributed by atoms with Crippen LogP contribution in [-0.4, -0.2) is 34.1 Å². The number of likely N-dealkylation sites (N-methyl/N-ethyl adjacent to an activating group) is 1. The lowest BCUT2D eigenvalue weighted by Gasteiger charge is -2.23. The molecule has 1 heterocycles. The first kappa shape index (κ1) is 16.3. The number of nitrogens with zero attached hydrogens (tertiary/aromatic N) is 3. The highest BCUT2D eigenvalue weighted by Crippen LogP contribution is 2.25. The van der Waals surface area contributed by atoms with Gasteiger partial charge in [-0.05, 0) is 44.1 Å². The molecule has 1 unspecified atom stereocenters. The fourth-order valence-electron chi connectivity index (χ4n) is 2.62. The maximum absolute atomic E-state index is 6.63. The van der Waals surface area contributed by atoms with E-state index in [0.717, 1.165) is 36.5 Å². The van der Waals surface area contributed by atoms with Crippen LogP contribution in [-0.2, 0) is 7.05 Å². The van der Waals surface area contributed by atoms with Crippen molar-refractivity contribution in [2.45, 2.75) is 39.0 Å². The normalized spacial score (nSPS) is 13.2. The molecule has 0 aliphatic heterocycles. The first-order valence-corrected chi connectivity index (χ1v) is 8.29. The van der Waals surface area contributed by atoms with Crippen molar-refractivity contribution >= 4 is 22.6 Å². The molecule has 1 aromatic heterocycles. The van der Waals surface area contributed by atoms with Gasteiger partial charge in [0.25, 0.3) is 0 Å². The second-order valence-electron chi connectivity index (χ2n) is 5.68. The van der Waals surface area contributed by atoms with Crippen molar-refractivity contribution in [3.63, 3.8) is 0 Å². The van der Waals surface area contributed by atoms with Crippen molar-refractivity contribution in [1.82, 2.24) is 14.5 Å². The highest BCUT2D eigenvalue weighted by Gasteiger charge is 2.14. The summed E-state index contributed by atoms with van der Waals surface area (Å²) in [5, 5.41) is 0.0218. The molecule has 1 atom stereocenters. The molecule has 2 rings (SSSR count). The second kappa shape index (κ2) is 7.28. The van der Waals surface area contributed by atoms with Crippen LogP contribution >= 0.6 is 11.6 Å². The van der Waals surface area contributed by atoms with E-state index in [1.54, 1.807) is 0 Å². The molecule has 3 nitrogen and oxygen atoms in total. The van der Waals surface area contributed by atoms with Gasteiger partial charge < -0.3 is 9.47 Å². The smallest absolute Gasteiger partial charge is 0.106 e. The Kier molecular flexibility index (Phi) is 5.65. The van der Waals surface area contributed by atoms with Crippen LogP contribution in [0.1, 0.15) is 43.5 Å². The van der Waals surface area contributed by atoms with E-state index in [2.05, 4.69) is 46.5 Å². The van der Waals surface area contributed by atoms with Gasteiger partial charge in [0.1, 0.15) is 5.82 Å². The van der Waals surface area contributed by atoms with Crippen molar-refractivity contribution in [1.29, 1.82) is 0 Å². The predicted molar refractivity (Wildman–Crippen MR) is 91.1 cm³/mol. The standard InChI is InChI=1S/C17H26ClN3/c1-5-7-10-21(6-2)12-15(18)14-8-9-17-16(11-14)19-13(3)20(17)4/h8-9,11,15H,5-7,10,12H2,1-4H3. The molecule has 0 aliphatic carbocycles. The molecular weight excluding hydrogens is 282 g/mol. The summed E-state index contributed by atoms with van der Waals surface area (Å²) in [6, 6.07) is 6.39. The number of hydrogen-bond acceptors (Lipinski definition) is 2. The molecule has 2 aromatic rings. The van der Waals surface area contributed by atoms with Gasteiger partial charge in [-0.2, -0.15) is 0 Å². The van der Waals surface area contributed by atoms with Crippen molar-refractivity contribution in [2.75, 3.05) is 19.6 Å². The van der Waals surface area contributed by atoms with Gasteiger partial charge in [-0.1, -0.05) is 26.3 Å². The average molecular weight is 308 g/mol. The van der Waals surface area contributed by atoms with Crippen molar-refractivity contribution < 1.29 is 0 Å². The number of unbranched alkanes of at least 4 members (excludes halogenated alkanes) is 1. The third-order valence-electron chi connectivity index (χ3n) is 4.18. The highest BCUT2D eigenvalue weighted by atomic mass is 35.5. The largest absolute Gasteiger partial charge is 0.331 e. The number of fused-ring (bicyclic) bond motifs is 1. The third kappa shape index (κ3) is 3.78. The number of halogens is 1. The maximum atomic E-state index is 6.63. The van der Waals surface area contributed by atoms with Gasteiger partial charge in [0.2, 0.25) is 0 Å². The van der Waals surface area contributed by atoms with Gasteiger partial charge in [-0.15, -0.1) is 11.6 Å². The van der Waals surface area contributed by atoms with Crippen molar-refractivity contribution in [3.05, 3.63) is 29.6 Å². The van der Waals surface area contributed by atoms with Crippen LogP contribution < -0.4 is 0 Å². The topological polar surface area (TPSA) is 21.1 Å². The van der Waals surface area contributed by atoms with Crippen LogP contribution in [0.5, 0.6) is 0 Å². The SMILES string of the molecule is CCCCN(CC)CC(Cl)c1ccc2c(c1)nc(C)n2C. The molecule has 0 amide bonds. The Bertz CT molecular complexity index is 591. The van der Waals surface area contributed by atoms with E-state index in [0.29, 0.717) is 0 Å². The Morgan fingerprint density at radius 1 is 1.33 bits per heavy atom. The fraction of sp³-hybridized carbons (Fsp3) is 0.588. The molecule has 116 valence electrons. The van der Waals surface area contributed by atoms with E-state index in [1.807, 2.05) is 14.0 Å². The number of aromatic nitrogens is 2. The summed E-state index contributed by atoms with van der Waals surface area (Å²) in [4.78, 5) is 7.02. The number of benzene rings is 1. The third-order valence-corrected chi connectivity index (χ3v) is 4.57. The summed E-state index contributed by atoms with van der Waals surface area (Å²) < 4.78 is 2.11. The van der Waals surface area contributed by atoms with E-state index in [-0.39, 0.29) is 5.38 Å². The zero-order chi connectivity index (χ0) is 15.4. The summed E-state index contributed by atoms with van der Waals surface area (Å²) >= 11 is 6.63. The van der Waals surface area contributed by atoms with Crippen molar-refractivity contribution in [2.24, 2.45) is 7.05 Å². The lowest BCUT2D eigenvalue weighted by Crippen LogP contribution is -2.28. The Morgan fingerprint density at radius 3 is 2.76 bits per heavy atom. The van der Waals surface area contributed by atoms with Crippen LogP contribution in [0.15, 0.2) is 18.2 Å². The zero-order valence-corrected chi connectivity index (χ0v) is 14.3. The molecule has 0 fully saturated rings. The van der Waals surface area contributed by atoms with Crippen LogP contribution in [0.4, 0.5) is 0 Å². The average Bonchev–Trinajstić information content (AvgIpc) is 2.77. The Labute approximate surface area is 132 Å². The van der Waals surface area contributed by atoms with E-state index < -0.39 is 0 Å². The highest BCUT2D eigenvalue weighted by molar-refractivity contribution is 6.21. The molecule has 0 bridgehead atoms. The number of imidazole rings is 1. The molecule has 1 aromatic carbocycles. The minimum Gasteiger partial charge on any atom is -0.331 e. The van der Waals surface area contributed by atoms with Crippen LogP contribution in [0.2, 0.25) is 0 Å². The lowest BCUT2D eigenvalue weighted by molar-refractivity contribution is 0.283. The van der Waals surface area contributed by atoms with E-state index in [4.69, 9.17) is 11.6 Å². The summed E-state index contributed by atoms with van der Waals surface area (Å²) in [6.07, 6.45) is 2.46.